The van der Waals surface area contributed by atoms with Crippen molar-refractivity contribution in [1.29, 1.82) is 0 Å². The van der Waals surface area contributed by atoms with Gasteiger partial charge in [-0.2, -0.15) is 0 Å². The number of ether oxygens (including phenoxy) is 1. The largest absolute Gasteiger partial charge is 0.444 e. The molecular formula is C24H32N4O5. The molecule has 178 valence electrons. The highest BCUT2D eigenvalue weighted by Gasteiger charge is 2.30. The molecule has 0 aliphatic rings. The third-order valence-corrected chi connectivity index (χ3v) is 4.57. The zero-order chi connectivity index (χ0) is 24.4. The number of amides is 3. The van der Waals surface area contributed by atoms with E-state index in [0.29, 0.717) is 5.69 Å². The Bertz CT molecular complexity index is 915. The summed E-state index contributed by atoms with van der Waals surface area (Å²) in [4.78, 5) is 41.4. The summed E-state index contributed by atoms with van der Waals surface area (Å²) in [5.41, 5.74) is 0.752. The number of benzene rings is 1. The zero-order valence-electron chi connectivity index (χ0n) is 19.4. The van der Waals surface area contributed by atoms with Crippen LogP contribution < -0.4 is 16.0 Å². The number of nitrogens with zero attached hydrogens (tertiary/aromatic N) is 1. The second-order valence-electron chi connectivity index (χ2n) is 8.66. The summed E-state index contributed by atoms with van der Waals surface area (Å²) in [6.45, 7) is 6.78. The summed E-state index contributed by atoms with van der Waals surface area (Å²) in [5, 5.41) is 18.5. The van der Waals surface area contributed by atoms with Gasteiger partial charge in [0.25, 0.3) is 5.91 Å². The normalized spacial score (nSPS) is 13.8. The van der Waals surface area contributed by atoms with E-state index in [1.165, 1.54) is 6.92 Å². The molecule has 33 heavy (non-hydrogen) atoms. The molecule has 9 heteroatoms. The molecular weight excluding hydrogens is 424 g/mol. The molecule has 2 aromatic rings. The Morgan fingerprint density at radius 3 is 2.27 bits per heavy atom. The predicted molar refractivity (Wildman–Crippen MR) is 123 cm³/mol. The number of rotatable bonds is 9. The molecule has 1 aromatic heterocycles. The molecule has 0 fully saturated rings. The number of carbonyl (C=O) groups excluding carboxylic acids is 3. The van der Waals surface area contributed by atoms with E-state index in [-0.39, 0.29) is 13.0 Å². The van der Waals surface area contributed by atoms with Crippen LogP contribution in [0.15, 0.2) is 54.7 Å². The minimum atomic E-state index is -1.52. The zero-order valence-corrected chi connectivity index (χ0v) is 19.4. The molecule has 0 radical (unpaired) electrons. The third kappa shape index (κ3) is 9.28. The fourth-order valence-electron chi connectivity index (χ4n) is 2.93. The van der Waals surface area contributed by atoms with E-state index < -0.39 is 41.7 Å². The molecule has 3 amide bonds. The molecule has 0 saturated carbocycles. The van der Waals surface area contributed by atoms with Gasteiger partial charge < -0.3 is 25.8 Å². The maximum Gasteiger partial charge on any atom is 0.408 e. The highest BCUT2D eigenvalue weighted by atomic mass is 16.6. The summed E-state index contributed by atoms with van der Waals surface area (Å²) in [6, 6.07) is 12.6. The number of alkyl carbamates (subject to hydrolysis) is 1. The van der Waals surface area contributed by atoms with Crippen molar-refractivity contribution in [3.8, 4) is 0 Å². The molecule has 0 saturated heterocycles. The summed E-state index contributed by atoms with van der Waals surface area (Å²) in [6.07, 6.45) is -0.440. The number of aliphatic hydroxyl groups is 1. The third-order valence-electron chi connectivity index (χ3n) is 4.57. The van der Waals surface area contributed by atoms with Crippen LogP contribution in [0, 0.1) is 0 Å². The van der Waals surface area contributed by atoms with Gasteiger partial charge in [0.1, 0.15) is 11.6 Å². The second-order valence-corrected chi connectivity index (χ2v) is 8.66. The second kappa shape index (κ2) is 12.0. The number of aromatic nitrogens is 1. The van der Waals surface area contributed by atoms with Crippen molar-refractivity contribution in [2.24, 2.45) is 0 Å². The lowest BCUT2D eigenvalue weighted by atomic mass is 10.00. The van der Waals surface area contributed by atoms with Gasteiger partial charge in [-0.25, -0.2) is 4.79 Å². The van der Waals surface area contributed by atoms with Crippen LogP contribution in [0.3, 0.4) is 0 Å². The summed E-state index contributed by atoms with van der Waals surface area (Å²) >= 11 is 0. The van der Waals surface area contributed by atoms with E-state index in [4.69, 9.17) is 4.74 Å². The van der Waals surface area contributed by atoms with Crippen LogP contribution in [0.2, 0.25) is 0 Å². The number of nitrogens with one attached hydrogen (secondary N) is 3. The maximum atomic E-state index is 12.7. The van der Waals surface area contributed by atoms with Crippen LogP contribution in [0.25, 0.3) is 0 Å². The van der Waals surface area contributed by atoms with Gasteiger partial charge in [-0.1, -0.05) is 36.4 Å². The minimum Gasteiger partial charge on any atom is -0.444 e. The summed E-state index contributed by atoms with van der Waals surface area (Å²) < 4.78 is 5.17. The average Bonchev–Trinajstić information content (AvgIpc) is 2.76. The van der Waals surface area contributed by atoms with Gasteiger partial charge >= 0.3 is 6.09 Å². The molecule has 4 N–H and O–H groups in total. The van der Waals surface area contributed by atoms with Gasteiger partial charge in [0.2, 0.25) is 5.91 Å². The van der Waals surface area contributed by atoms with E-state index in [1.807, 2.05) is 30.3 Å². The Balaban J connectivity index is 2.05. The molecule has 0 bridgehead atoms. The van der Waals surface area contributed by atoms with Gasteiger partial charge in [-0.15, -0.1) is 0 Å². The van der Waals surface area contributed by atoms with Crippen molar-refractivity contribution in [2.75, 3.05) is 0 Å². The fraction of sp³-hybridized carbons (Fsp3) is 0.417. The van der Waals surface area contributed by atoms with Gasteiger partial charge in [-0.05, 0) is 51.8 Å². The predicted octanol–water partition coefficient (Wildman–Crippen LogP) is 1.70. The van der Waals surface area contributed by atoms with Gasteiger partial charge in [0.15, 0.2) is 6.10 Å². The van der Waals surface area contributed by atoms with Crippen molar-refractivity contribution in [3.63, 3.8) is 0 Å². The first-order valence-electron chi connectivity index (χ1n) is 10.7. The Labute approximate surface area is 193 Å². The lowest BCUT2D eigenvalue weighted by Crippen LogP contribution is -2.55. The minimum absolute atomic E-state index is 0.138. The van der Waals surface area contributed by atoms with Crippen LogP contribution in [0.1, 0.15) is 39.0 Å². The van der Waals surface area contributed by atoms with Crippen molar-refractivity contribution < 1.29 is 24.2 Å². The maximum absolute atomic E-state index is 12.7. The smallest absolute Gasteiger partial charge is 0.408 e. The first kappa shape index (κ1) is 25.8. The van der Waals surface area contributed by atoms with Crippen LogP contribution >= 0.6 is 0 Å². The molecule has 2 rings (SSSR count). The molecule has 1 aromatic carbocycles. The molecule has 0 aliphatic heterocycles. The number of hydrogen-bond donors (Lipinski definition) is 4. The first-order chi connectivity index (χ1) is 15.5. The number of pyridine rings is 1. The highest BCUT2D eigenvalue weighted by Crippen LogP contribution is 2.09. The van der Waals surface area contributed by atoms with Crippen molar-refractivity contribution in [3.05, 3.63) is 66.0 Å². The standard InChI is InChI=1S/C24H32N4O5/c1-16(27-23(32)33-24(2,3)4)21(30)28-19(14-17-10-6-5-7-11-17)20(29)22(31)26-15-18-12-8-9-13-25-18/h5-13,16,19-20,29H,14-15H2,1-4H3,(H,26,31)(H,27,32)(H,28,30)/t16-,19-,20+/m1/s1. The summed E-state index contributed by atoms with van der Waals surface area (Å²) in [7, 11) is 0. The van der Waals surface area contributed by atoms with Gasteiger partial charge in [0, 0.05) is 6.20 Å². The van der Waals surface area contributed by atoms with Crippen LogP contribution in [0.5, 0.6) is 0 Å². The molecule has 1 heterocycles. The molecule has 0 unspecified atom stereocenters. The SMILES string of the molecule is C[C@@H](NC(=O)OC(C)(C)C)C(=O)N[C@H](Cc1ccccc1)[C@H](O)C(=O)NCc1ccccn1. The quantitative estimate of drug-likeness (QED) is 0.454. The Kier molecular flexibility index (Phi) is 9.35. The van der Waals surface area contributed by atoms with Crippen molar-refractivity contribution >= 4 is 17.9 Å². The van der Waals surface area contributed by atoms with E-state index in [2.05, 4.69) is 20.9 Å². The van der Waals surface area contributed by atoms with E-state index >= 15 is 0 Å². The Hall–Kier alpha value is -3.46. The number of carbonyl (C=O) groups is 3. The number of hydrogen-bond acceptors (Lipinski definition) is 6. The van der Waals surface area contributed by atoms with Crippen LogP contribution in [0.4, 0.5) is 4.79 Å². The lowest BCUT2D eigenvalue weighted by Gasteiger charge is -2.26. The Morgan fingerprint density at radius 2 is 1.67 bits per heavy atom. The molecule has 3 atom stereocenters. The van der Waals surface area contributed by atoms with E-state index in [9.17, 15) is 19.5 Å². The van der Waals surface area contributed by atoms with Crippen molar-refractivity contribution in [2.45, 2.75) is 64.4 Å². The molecule has 0 aliphatic carbocycles. The monoisotopic (exact) mass is 456 g/mol. The van der Waals surface area contributed by atoms with Crippen LogP contribution in [-0.4, -0.2) is 51.8 Å². The first-order valence-corrected chi connectivity index (χ1v) is 10.7. The average molecular weight is 457 g/mol. The van der Waals surface area contributed by atoms with Crippen LogP contribution in [-0.2, 0) is 27.3 Å². The lowest BCUT2D eigenvalue weighted by molar-refractivity contribution is -0.132. The topological polar surface area (TPSA) is 130 Å². The van der Waals surface area contributed by atoms with E-state index in [1.54, 1.807) is 45.2 Å². The van der Waals surface area contributed by atoms with E-state index in [0.717, 1.165) is 5.56 Å². The highest BCUT2D eigenvalue weighted by molar-refractivity contribution is 5.87. The number of aliphatic hydroxyl groups excluding tert-OH is 1. The van der Waals surface area contributed by atoms with Crippen molar-refractivity contribution in [1.82, 2.24) is 20.9 Å². The van der Waals surface area contributed by atoms with Gasteiger partial charge in [-0.3, -0.25) is 14.6 Å². The fourth-order valence-corrected chi connectivity index (χ4v) is 2.93. The summed E-state index contributed by atoms with van der Waals surface area (Å²) in [5.74, 6) is -1.20. The van der Waals surface area contributed by atoms with Gasteiger partial charge in [0.05, 0.1) is 18.3 Å². The molecule has 0 spiro atoms. The Morgan fingerprint density at radius 1 is 1.00 bits per heavy atom. The molecule has 9 nitrogen and oxygen atoms in total.